The summed E-state index contributed by atoms with van der Waals surface area (Å²) in [6.07, 6.45) is 0.742. The Balaban J connectivity index is 1.80. The maximum atomic E-state index is 9.60. The van der Waals surface area contributed by atoms with E-state index in [9.17, 15) is 5.11 Å². The third-order valence-corrected chi connectivity index (χ3v) is 4.24. The normalized spacial score (nSPS) is 12.4. The molecular weight excluding hydrogens is 282 g/mol. The Kier molecular flexibility index (Phi) is 4.03. The van der Waals surface area contributed by atoms with E-state index in [1.54, 1.807) is 16.8 Å². The summed E-state index contributed by atoms with van der Waals surface area (Å²) in [6, 6.07) is 14.0. The largest absolute Gasteiger partial charge is 0.395 e. The zero-order valence-electron chi connectivity index (χ0n) is 11.5. The van der Waals surface area contributed by atoms with E-state index >= 15 is 0 Å². The number of hydrogen-bond donors (Lipinski definition) is 3. The highest BCUT2D eigenvalue weighted by atomic mass is 32.1. The minimum atomic E-state index is -0.0780. The molecule has 0 saturated carbocycles. The maximum Gasteiger partial charge on any atom is 0.106 e. The van der Waals surface area contributed by atoms with Crippen molar-refractivity contribution < 1.29 is 5.11 Å². The van der Waals surface area contributed by atoms with Crippen molar-refractivity contribution >= 4 is 32.9 Å². The number of aromatic nitrogens is 1. The van der Waals surface area contributed by atoms with Crippen LogP contribution in [0.15, 0.2) is 48.0 Å². The van der Waals surface area contributed by atoms with E-state index in [4.69, 9.17) is 5.73 Å². The van der Waals surface area contributed by atoms with Crippen molar-refractivity contribution in [1.82, 2.24) is 4.98 Å². The Morgan fingerprint density at radius 3 is 2.76 bits per heavy atom. The van der Waals surface area contributed by atoms with Gasteiger partial charge in [0.1, 0.15) is 5.52 Å². The van der Waals surface area contributed by atoms with Crippen LogP contribution in [-0.4, -0.2) is 22.7 Å². The van der Waals surface area contributed by atoms with Gasteiger partial charge in [0.05, 0.1) is 34.2 Å². The highest BCUT2D eigenvalue weighted by Crippen LogP contribution is 2.30. The Morgan fingerprint density at radius 2 is 2.00 bits per heavy atom. The molecule has 1 unspecified atom stereocenters. The predicted octanol–water partition coefficient (Wildman–Crippen LogP) is 2.89. The first kappa shape index (κ1) is 13.9. The Hall–Kier alpha value is -2.11. The van der Waals surface area contributed by atoms with Gasteiger partial charge >= 0.3 is 0 Å². The van der Waals surface area contributed by atoms with Gasteiger partial charge in [-0.3, -0.25) is 0 Å². The first-order valence-electron chi connectivity index (χ1n) is 6.81. The van der Waals surface area contributed by atoms with Crippen LogP contribution in [0.4, 0.5) is 11.4 Å². The molecule has 0 bridgehead atoms. The van der Waals surface area contributed by atoms with Gasteiger partial charge in [-0.1, -0.05) is 30.3 Å². The van der Waals surface area contributed by atoms with Gasteiger partial charge in [0.2, 0.25) is 0 Å². The molecule has 3 aromatic rings. The molecule has 0 aliphatic carbocycles. The average Bonchev–Trinajstić information content (AvgIpc) is 2.99. The van der Waals surface area contributed by atoms with Gasteiger partial charge in [-0.05, 0) is 24.1 Å². The lowest BCUT2D eigenvalue weighted by Gasteiger charge is -2.19. The number of hydrogen-bond acceptors (Lipinski definition) is 5. The first-order chi connectivity index (χ1) is 10.3. The van der Waals surface area contributed by atoms with Crippen LogP contribution in [0.3, 0.4) is 0 Å². The molecule has 4 N–H and O–H groups in total. The summed E-state index contributed by atoms with van der Waals surface area (Å²) in [7, 11) is 0. The quantitative estimate of drug-likeness (QED) is 0.634. The third kappa shape index (κ3) is 2.99. The number of rotatable bonds is 5. The topological polar surface area (TPSA) is 71.2 Å². The second kappa shape index (κ2) is 6.11. The number of nitrogen functional groups attached to an aromatic ring is 1. The molecule has 0 amide bonds. The summed E-state index contributed by atoms with van der Waals surface area (Å²) in [5.74, 6) is 0. The molecular formula is C16H17N3OS. The van der Waals surface area contributed by atoms with E-state index in [-0.39, 0.29) is 12.6 Å². The van der Waals surface area contributed by atoms with Crippen LogP contribution in [0.5, 0.6) is 0 Å². The molecule has 0 aliphatic heterocycles. The number of thiazole rings is 1. The lowest BCUT2D eigenvalue weighted by atomic mass is 10.1. The van der Waals surface area contributed by atoms with Gasteiger partial charge in [0, 0.05) is 0 Å². The van der Waals surface area contributed by atoms with Crippen molar-refractivity contribution in [1.29, 1.82) is 0 Å². The summed E-state index contributed by atoms with van der Waals surface area (Å²) >= 11 is 1.57. The highest BCUT2D eigenvalue weighted by Gasteiger charge is 2.12. The molecule has 108 valence electrons. The van der Waals surface area contributed by atoms with Gasteiger partial charge in [-0.25, -0.2) is 4.98 Å². The first-order valence-corrected chi connectivity index (χ1v) is 7.69. The van der Waals surface area contributed by atoms with E-state index in [2.05, 4.69) is 22.4 Å². The summed E-state index contributed by atoms with van der Waals surface area (Å²) in [5.41, 5.74) is 11.4. The molecule has 0 fully saturated rings. The molecule has 3 rings (SSSR count). The van der Waals surface area contributed by atoms with Crippen molar-refractivity contribution in [2.45, 2.75) is 12.5 Å². The molecule has 0 radical (unpaired) electrons. The van der Waals surface area contributed by atoms with Gasteiger partial charge in [0.15, 0.2) is 0 Å². The fourth-order valence-electron chi connectivity index (χ4n) is 2.36. The van der Waals surface area contributed by atoms with Crippen molar-refractivity contribution in [3.8, 4) is 0 Å². The number of anilines is 2. The monoisotopic (exact) mass is 299 g/mol. The summed E-state index contributed by atoms with van der Waals surface area (Å²) in [5, 5.41) is 12.9. The van der Waals surface area contributed by atoms with Crippen LogP contribution in [0.1, 0.15) is 5.56 Å². The fourth-order valence-corrected chi connectivity index (χ4v) is 3.05. The molecule has 21 heavy (non-hydrogen) atoms. The molecule has 1 heterocycles. The Labute approximate surface area is 127 Å². The zero-order chi connectivity index (χ0) is 14.7. The predicted molar refractivity (Wildman–Crippen MR) is 88.7 cm³/mol. The standard InChI is InChI=1S/C16H17N3OS/c17-15-13(6-7-14-16(15)18-10-21-14)19-12(9-20)8-11-4-2-1-3-5-11/h1-7,10,12,19-20H,8-9,17H2. The second-order valence-corrected chi connectivity index (χ2v) is 5.83. The van der Waals surface area contributed by atoms with E-state index in [1.165, 1.54) is 5.56 Å². The smallest absolute Gasteiger partial charge is 0.106 e. The lowest BCUT2D eigenvalue weighted by Crippen LogP contribution is -2.26. The van der Waals surface area contributed by atoms with Crippen LogP contribution < -0.4 is 11.1 Å². The minimum Gasteiger partial charge on any atom is -0.395 e. The van der Waals surface area contributed by atoms with Crippen LogP contribution >= 0.6 is 11.3 Å². The van der Waals surface area contributed by atoms with Gasteiger partial charge in [-0.15, -0.1) is 11.3 Å². The summed E-state index contributed by atoms with van der Waals surface area (Å²) in [4.78, 5) is 4.29. The number of nitrogens with one attached hydrogen (secondary N) is 1. The van der Waals surface area contributed by atoms with Crippen LogP contribution in [0.25, 0.3) is 10.2 Å². The van der Waals surface area contributed by atoms with Crippen LogP contribution in [-0.2, 0) is 6.42 Å². The maximum absolute atomic E-state index is 9.60. The SMILES string of the molecule is Nc1c(NC(CO)Cc2ccccc2)ccc2scnc12. The van der Waals surface area contributed by atoms with E-state index in [0.29, 0.717) is 5.69 Å². The number of fused-ring (bicyclic) bond motifs is 1. The number of benzene rings is 2. The van der Waals surface area contributed by atoms with Crippen LogP contribution in [0.2, 0.25) is 0 Å². The van der Waals surface area contributed by atoms with E-state index in [0.717, 1.165) is 22.3 Å². The highest BCUT2D eigenvalue weighted by molar-refractivity contribution is 7.16. The van der Waals surface area contributed by atoms with Crippen molar-refractivity contribution in [3.05, 3.63) is 53.5 Å². The van der Waals surface area contributed by atoms with Crippen molar-refractivity contribution in [2.75, 3.05) is 17.7 Å². The van der Waals surface area contributed by atoms with E-state index in [1.807, 2.05) is 30.3 Å². The van der Waals surface area contributed by atoms with E-state index < -0.39 is 0 Å². The molecule has 2 aromatic carbocycles. The second-order valence-electron chi connectivity index (χ2n) is 4.94. The molecule has 0 saturated heterocycles. The average molecular weight is 299 g/mol. The molecule has 5 heteroatoms. The Bertz CT molecular complexity index is 727. The zero-order valence-corrected chi connectivity index (χ0v) is 12.3. The molecule has 1 atom stereocenters. The van der Waals surface area contributed by atoms with Gasteiger partial charge in [-0.2, -0.15) is 0 Å². The molecule has 0 spiro atoms. The minimum absolute atomic E-state index is 0.0451. The lowest BCUT2D eigenvalue weighted by molar-refractivity contribution is 0.274. The number of aliphatic hydroxyl groups excluding tert-OH is 1. The third-order valence-electron chi connectivity index (χ3n) is 3.45. The van der Waals surface area contributed by atoms with Crippen LogP contribution in [0, 0.1) is 0 Å². The number of nitrogens with zero attached hydrogens (tertiary/aromatic N) is 1. The summed E-state index contributed by atoms with van der Waals surface area (Å²) in [6.45, 7) is 0.0451. The summed E-state index contributed by atoms with van der Waals surface area (Å²) < 4.78 is 1.07. The Morgan fingerprint density at radius 1 is 1.19 bits per heavy atom. The van der Waals surface area contributed by atoms with Crippen molar-refractivity contribution in [3.63, 3.8) is 0 Å². The van der Waals surface area contributed by atoms with Gasteiger partial charge in [0.25, 0.3) is 0 Å². The molecule has 0 aliphatic rings. The number of aliphatic hydroxyl groups is 1. The van der Waals surface area contributed by atoms with Crippen molar-refractivity contribution in [2.24, 2.45) is 0 Å². The molecule has 1 aromatic heterocycles. The fraction of sp³-hybridized carbons (Fsp3) is 0.188. The molecule has 4 nitrogen and oxygen atoms in total. The number of nitrogens with two attached hydrogens (primary N) is 1. The van der Waals surface area contributed by atoms with Gasteiger partial charge < -0.3 is 16.2 Å².